The van der Waals surface area contributed by atoms with Gasteiger partial charge in [-0.15, -0.1) is 0 Å². The molecule has 3 rings (SSSR count). The molecule has 1 heterocycles. The summed E-state index contributed by atoms with van der Waals surface area (Å²) in [6.45, 7) is 5.80. The number of amides is 2. The Morgan fingerprint density at radius 1 is 1.12 bits per heavy atom. The lowest BCUT2D eigenvalue weighted by molar-refractivity contribution is -0.349. The van der Waals surface area contributed by atoms with Gasteiger partial charge in [-0.2, -0.15) is 0 Å². The number of rotatable bonds is 5. The molecule has 2 N–H and O–H groups in total. The highest BCUT2D eigenvalue weighted by molar-refractivity contribution is 6.02. The standard InChI is InChI=1S/C24H26N4O5/c1-24(2,3)33-23(30)26-14-16-9-11-18(12-10-16)22(29)27-20-13-19(15-25-21(20)28(31)32)17-7-5-4-6-8-17/h4-13,19H,14-15H2,1-3H3,(H,26,30)(H,27,29). The molecule has 1 aliphatic rings. The molecule has 0 saturated carbocycles. The van der Waals surface area contributed by atoms with Crippen molar-refractivity contribution in [3.63, 3.8) is 0 Å². The number of nitrogens with one attached hydrogen (secondary N) is 2. The van der Waals surface area contributed by atoms with Crippen LogP contribution in [0.15, 0.2) is 71.4 Å². The van der Waals surface area contributed by atoms with Gasteiger partial charge in [-0.05, 0) is 55.0 Å². The average Bonchev–Trinajstić information content (AvgIpc) is 2.77. The number of dihydropyridines is 1. The Kier molecular flexibility index (Phi) is 7.22. The number of benzene rings is 2. The van der Waals surface area contributed by atoms with Crippen molar-refractivity contribution in [1.29, 1.82) is 0 Å². The van der Waals surface area contributed by atoms with E-state index in [-0.39, 0.29) is 30.5 Å². The van der Waals surface area contributed by atoms with Crippen LogP contribution in [0.25, 0.3) is 0 Å². The van der Waals surface area contributed by atoms with E-state index in [2.05, 4.69) is 15.6 Å². The molecule has 1 atom stereocenters. The van der Waals surface area contributed by atoms with Crippen molar-refractivity contribution in [2.45, 2.75) is 38.8 Å². The number of hydrogen-bond donors (Lipinski definition) is 2. The quantitative estimate of drug-likeness (QED) is 0.530. The second-order valence-electron chi connectivity index (χ2n) is 8.53. The summed E-state index contributed by atoms with van der Waals surface area (Å²) in [5.41, 5.74) is 1.52. The maximum Gasteiger partial charge on any atom is 0.407 e. The number of carbonyl (C=O) groups excluding carboxylic acids is 2. The predicted molar refractivity (Wildman–Crippen MR) is 124 cm³/mol. The van der Waals surface area contributed by atoms with E-state index in [9.17, 15) is 19.7 Å². The van der Waals surface area contributed by atoms with Crippen molar-refractivity contribution in [2.24, 2.45) is 4.99 Å². The lowest BCUT2D eigenvalue weighted by Gasteiger charge is -2.19. The van der Waals surface area contributed by atoms with E-state index in [0.717, 1.165) is 11.1 Å². The molecule has 0 bridgehead atoms. The van der Waals surface area contributed by atoms with Gasteiger partial charge in [0.2, 0.25) is 0 Å². The molecule has 1 unspecified atom stereocenters. The molecule has 0 saturated heterocycles. The van der Waals surface area contributed by atoms with Gasteiger partial charge in [-0.25, -0.2) is 4.79 Å². The zero-order valence-electron chi connectivity index (χ0n) is 18.7. The van der Waals surface area contributed by atoms with Crippen LogP contribution in [0.4, 0.5) is 4.79 Å². The predicted octanol–water partition coefficient (Wildman–Crippen LogP) is 3.80. The largest absolute Gasteiger partial charge is 0.444 e. The van der Waals surface area contributed by atoms with Crippen molar-refractivity contribution in [3.05, 3.63) is 93.2 Å². The SMILES string of the molecule is CC(C)(C)OC(=O)NCc1ccc(C(=O)NC2=CC(c3ccccc3)CN=C2[N+](=O)[O-])cc1. The highest BCUT2D eigenvalue weighted by Gasteiger charge is 2.29. The fourth-order valence-electron chi connectivity index (χ4n) is 3.21. The van der Waals surface area contributed by atoms with Crippen LogP contribution < -0.4 is 10.6 Å². The van der Waals surface area contributed by atoms with Gasteiger partial charge in [0.15, 0.2) is 0 Å². The molecule has 33 heavy (non-hydrogen) atoms. The smallest absolute Gasteiger partial charge is 0.407 e. The van der Waals surface area contributed by atoms with E-state index in [1.165, 1.54) is 0 Å². The molecule has 0 aromatic heterocycles. The molecule has 1 aliphatic heterocycles. The number of ether oxygens (including phenoxy) is 1. The summed E-state index contributed by atoms with van der Waals surface area (Å²) in [6.07, 6.45) is 1.13. The number of amidine groups is 1. The van der Waals surface area contributed by atoms with Gasteiger partial charge in [0, 0.05) is 18.0 Å². The zero-order valence-corrected chi connectivity index (χ0v) is 18.7. The molecular weight excluding hydrogens is 424 g/mol. The molecule has 0 fully saturated rings. The van der Waals surface area contributed by atoms with Gasteiger partial charge in [0.05, 0.1) is 0 Å². The van der Waals surface area contributed by atoms with E-state index >= 15 is 0 Å². The minimum atomic E-state index is -0.598. The lowest BCUT2D eigenvalue weighted by atomic mass is 9.96. The Hall–Kier alpha value is -4.01. The summed E-state index contributed by atoms with van der Waals surface area (Å²) in [5, 5.41) is 16.7. The Bertz CT molecular complexity index is 1090. The van der Waals surface area contributed by atoms with Crippen LogP contribution in [-0.4, -0.2) is 34.9 Å². The summed E-state index contributed by atoms with van der Waals surface area (Å²) < 4.78 is 5.19. The fourth-order valence-corrected chi connectivity index (χ4v) is 3.21. The van der Waals surface area contributed by atoms with E-state index in [1.54, 1.807) is 51.1 Å². The molecule has 9 nitrogen and oxygen atoms in total. The first-order chi connectivity index (χ1) is 15.6. The van der Waals surface area contributed by atoms with Gasteiger partial charge in [-0.3, -0.25) is 4.79 Å². The average molecular weight is 450 g/mol. The van der Waals surface area contributed by atoms with Crippen molar-refractivity contribution < 1.29 is 19.2 Å². The third kappa shape index (κ3) is 6.73. The Labute approximate surface area is 191 Å². The van der Waals surface area contributed by atoms with Crippen molar-refractivity contribution in [2.75, 3.05) is 6.54 Å². The topological polar surface area (TPSA) is 123 Å². The van der Waals surface area contributed by atoms with Gasteiger partial charge in [0.1, 0.15) is 17.8 Å². The lowest BCUT2D eigenvalue weighted by Crippen LogP contribution is -2.34. The summed E-state index contributed by atoms with van der Waals surface area (Å²) in [6, 6.07) is 16.0. The van der Waals surface area contributed by atoms with E-state index in [1.807, 2.05) is 30.3 Å². The third-order valence-electron chi connectivity index (χ3n) is 4.75. The number of hydrogen-bond acceptors (Lipinski definition) is 6. The molecule has 2 amide bonds. The molecule has 0 radical (unpaired) electrons. The Morgan fingerprint density at radius 2 is 1.79 bits per heavy atom. The van der Waals surface area contributed by atoms with E-state index in [4.69, 9.17) is 4.74 Å². The van der Waals surface area contributed by atoms with Crippen molar-refractivity contribution >= 4 is 17.8 Å². The summed E-state index contributed by atoms with van der Waals surface area (Å²) in [4.78, 5) is 39.4. The summed E-state index contributed by atoms with van der Waals surface area (Å²) in [5.74, 6) is -1.03. The first kappa shape index (κ1) is 23.6. The van der Waals surface area contributed by atoms with Crippen LogP contribution in [0.2, 0.25) is 0 Å². The highest BCUT2D eigenvalue weighted by atomic mass is 16.6. The zero-order chi connectivity index (χ0) is 24.0. The highest BCUT2D eigenvalue weighted by Crippen LogP contribution is 2.23. The number of nitrogens with zero attached hydrogens (tertiary/aromatic N) is 2. The molecule has 2 aromatic rings. The van der Waals surface area contributed by atoms with Gasteiger partial charge in [0.25, 0.3) is 5.91 Å². The number of nitro groups is 1. The molecular formula is C24H26N4O5. The second-order valence-corrected chi connectivity index (χ2v) is 8.53. The first-order valence-electron chi connectivity index (χ1n) is 10.5. The van der Waals surface area contributed by atoms with Gasteiger partial charge < -0.3 is 25.5 Å². The number of aliphatic imine (C=N–C) groups is 1. The molecule has 0 aliphatic carbocycles. The van der Waals surface area contributed by atoms with Gasteiger partial charge in [-0.1, -0.05) is 47.5 Å². The summed E-state index contributed by atoms with van der Waals surface area (Å²) in [7, 11) is 0. The fraction of sp³-hybridized carbons (Fsp3) is 0.292. The van der Waals surface area contributed by atoms with Crippen LogP contribution in [0, 0.1) is 10.1 Å². The minimum absolute atomic E-state index is 0.0702. The normalized spacial score (nSPS) is 15.7. The molecule has 9 heteroatoms. The van der Waals surface area contributed by atoms with Crippen molar-refractivity contribution in [1.82, 2.24) is 10.6 Å². The minimum Gasteiger partial charge on any atom is -0.444 e. The van der Waals surface area contributed by atoms with Crippen LogP contribution in [-0.2, 0) is 11.3 Å². The van der Waals surface area contributed by atoms with Crippen LogP contribution in [0.5, 0.6) is 0 Å². The third-order valence-corrected chi connectivity index (χ3v) is 4.75. The van der Waals surface area contributed by atoms with E-state index in [0.29, 0.717) is 5.56 Å². The van der Waals surface area contributed by atoms with Gasteiger partial charge >= 0.3 is 11.9 Å². The first-order valence-corrected chi connectivity index (χ1v) is 10.5. The number of carbonyl (C=O) groups is 2. The second kappa shape index (κ2) is 10.1. The molecule has 0 spiro atoms. The maximum absolute atomic E-state index is 12.7. The monoisotopic (exact) mass is 450 g/mol. The van der Waals surface area contributed by atoms with E-state index < -0.39 is 22.5 Å². The molecule has 2 aromatic carbocycles. The van der Waals surface area contributed by atoms with Crippen molar-refractivity contribution in [3.8, 4) is 0 Å². The maximum atomic E-state index is 12.7. The Morgan fingerprint density at radius 3 is 2.39 bits per heavy atom. The molecule has 172 valence electrons. The summed E-state index contributed by atoms with van der Waals surface area (Å²) >= 11 is 0. The Balaban J connectivity index is 1.67. The van der Waals surface area contributed by atoms with Crippen LogP contribution >= 0.6 is 0 Å². The van der Waals surface area contributed by atoms with Crippen LogP contribution in [0.3, 0.4) is 0 Å². The van der Waals surface area contributed by atoms with Crippen LogP contribution in [0.1, 0.15) is 48.2 Å². The number of alkyl carbamates (subject to hydrolysis) is 1.